The number of nitrogens with one attached hydrogen (secondary N) is 2. The van der Waals surface area contributed by atoms with Crippen LogP contribution in [0.2, 0.25) is 0 Å². The molecule has 0 bridgehead atoms. The van der Waals surface area contributed by atoms with Crippen LogP contribution in [0.1, 0.15) is 83.5 Å². The molecule has 2 N–H and O–H groups in total. The van der Waals surface area contributed by atoms with Gasteiger partial charge in [-0.1, -0.05) is 32.1 Å². The van der Waals surface area contributed by atoms with Gasteiger partial charge in [-0.2, -0.15) is 0 Å². The molecular weight excluding hydrogens is 342 g/mol. The standard InChI is InChI=1S/C21H37N3OS/c25-20(24-15-7-11-18-10-4-5-12-19(18)24)13-6-14-22-21(26)23-16-17-8-2-1-3-9-17/h17-19H,1-16H2,(H2,22,23,26). The third-order valence-electron chi connectivity index (χ3n) is 6.69. The van der Waals surface area contributed by atoms with Crippen molar-refractivity contribution in [2.75, 3.05) is 19.6 Å². The number of likely N-dealkylation sites (tertiary alicyclic amines) is 1. The van der Waals surface area contributed by atoms with E-state index in [1.165, 1.54) is 70.6 Å². The second-order valence-electron chi connectivity index (χ2n) is 8.59. The van der Waals surface area contributed by atoms with E-state index < -0.39 is 0 Å². The third-order valence-corrected chi connectivity index (χ3v) is 6.98. The molecule has 2 unspecified atom stereocenters. The van der Waals surface area contributed by atoms with Crippen LogP contribution < -0.4 is 10.6 Å². The van der Waals surface area contributed by atoms with Gasteiger partial charge in [0.05, 0.1) is 0 Å². The quantitative estimate of drug-likeness (QED) is 0.541. The van der Waals surface area contributed by atoms with Crippen molar-refractivity contribution in [2.45, 2.75) is 89.5 Å². The fourth-order valence-electron chi connectivity index (χ4n) is 5.21. The zero-order chi connectivity index (χ0) is 18.2. The summed E-state index contributed by atoms with van der Waals surface area (Å²) in [6.45, 7) is 2.78. The summed E-state index contributed by atoms with van der Waals surface area (Å²) >= 11 is 5.39. The van der Waals surface area contributed by atoms with Gasteiger partial charge in [-0.15, -0.1) is 0 Å². The lowest BCUT2D eigenvalue weighted by Crippen LogP contribution is -2.49. The maximum atomic E-state index is 12.7. The second kappa shape index (κ2) is 10.5. The van der Waals surface area contributed by atoms with Gasteiger partial charge in [0.2, 0.25) is 5.91 Å². The lowest BCUT2D eigenvalue weighted by molar-refractivity contribution is -0.137. The van der Waals surface area contributed by atoms with Gasteiger partial charge in [-0.05, 0) is 69.0 Å². The van der Waals surface area contributed by atoms with E-state index in [0.717, 1.165) is 43.0 Å². The van der Waals surface area contributed by atoms with Gasteiger partial charge in [0, 0.05) is 32.1 Å². The molecule has 1 amide bonds. The van der Waals surface area contributed by atoms with Gasteiger partial charge in [0.15, 0.2) is 5.11 Å². The molecule has 3 rings (SSSR count). The van der Waals surface area contributed by atoms with Crippen molar-refractivity contribution in [3.8, 4) is 0 Å². The van der Waals surface area contributed by atoms with Gasteiger partial charge in [0.1, 0.15) is 0 Å². The summed E-state index contributed by atoms with van der Waals surface area (Å²) < 4.78 is 0. The topological polar surface area (TPSA) is 44.4 Å². The van der Waals surface area contributed by atoms with E-state index >= 15 is 0 Å². The van der Waals surface area contributed by atoms with E-state index in [0.29, 0.717) is 18.4 Å². The first-order valence-electron chi connectivity index (χ1n) is 11.0. The minimum absolute atomic E-state index is 0.365. The Kier molecular flexibility index (Phi) is 8.03. The predicted molar refractivity (Wildman–Crippen MR) is 111 cm³/mol. The van der Waals surface area contributed by atoms with Crippen LogP contribution in [0.15, 0.2) is 0 Å². The monoisotopic (exact) mass is 379 g/mol. The van der Waals surface area contributed by atoms with Crippen LogP contribution in [0.4, 0.5) is 0 Å². The Bertz CT molecular complexity index is 462. The smallest absolute Gasteiger partial charge is 0.222 e. The molecule has 4 nitrogen and oxygen atoms in total. The number of hydrogen-bond donors (Lipinski definition) is 2. The first-order chi connectivity index (χ1) is 12.7. The average molecular weight is 380 g/mol. The average Bonchev–Trinajstić information content (AvgIpc) is 2.70. The number of piperidine rings is 1. The van der Waals surface area contributed by atoms with E-state index in [4.69, 9.17) is 12.2 Å². The Hall–Kier alpha value is -0.840. The Balaban J connectivity index is 1.29. The van der Waals surface area contributed by atoms with E-state index in [1.54, 1.807) is 0 Å². The molecule has 5 heteroatoms. The van der Waals surface area contributed by atoms with Crippen LogP contribution in [0.5, 0.6) is 0 Å². The summed E-state index contributed by atoms with van der Waals surface area (Å²) in [5.74, 6) is 1.92. The first kappa shape index (κ1) is 19.9. The number of thiocarbonyl (C=S) groups is 1. The van der Waals surface area contributed by atoms with Crippen LogP contribution in [-0.2, 0) is 4.79 Å². The number of amides is 1. The third kappa shape index (κ3) is 5.83. The predicted octanol–water partition coefficient (Wildman–Crippen LogP) is 3.99. The maximum absolute atomic E-state index is 12.7. The van der Waals surface area contributed by atoms with Gasteiger partial charge >= 0.3 is 0 Å². The van der Waals surface area contributed by atoms with Crippen molar-refractivity contribution in [3.63, 3.8) is 0 Å². The summed E-state index contributed by atoms with van der Waals surface area (Å²) in [6, 6.07) is 0.538. The summed E-state index contributed by atoms with van der Waals surface area (Å²) in [5, 5.41) is 7.41. The molecule has 1 aliphatic heterocycles. The molecule has 0 aromatic rings. The zero-order valence-electron chi connectivity index (χ0n) is 16.3. The Morgan fingerprint density at radius 3 is 2.50 bits per heavy atom. The van der Waals surface area contributed by atoms with Crippen molar-refractivity contribution in [3.05, 3.63) is 0 Å². The lowest BCUT2D eigenvalue weighted by Gasteiger charge is -2.44. The van der Waals surface area contributed by atoms with Crippen molar-refractivity contribution in [1.82, 2.24) is 15.5 Å². The van der Waals surface area contributed by atoms with E-state index in [2.05, 4.69) is 15.5 Å². The van der Waals surface area contributed by atoms with E-state index in [1.807, 2.05) is 0 Å². The molecule has 1 saturated heterocycles. The molecule has 1 heterocycles. The molecule has 2 atom stereocenters. The molecule has 0 aromatic carbocycles. The van der Waals surface area contributed by atoms with Crippen LogP contribution in [0.3, 0.4) is 0 Å². The van der Waals surface area contributed by atoms with E-state index in [-0.39, 0.29) is 0 Å². The molecule has 2 saturated carbocycles. The van der Waals surface area contributed by atoms with Crippen LogP contribution in [-0.4, -0.2) is 41.6 Å². The highest BCUT2D eigenvalue weighted by molar-refractivity contribution is 7.80. The SMILES string of the molecule is O=C(CCCNC(=S)NCC1CCCCC1)N1CCCC2CCCCC21. The number of fused-ring (bicyclic) bond motifs is 1. The molecule has 0 aromatic heterocycles. The van der Waals surface area contributed by atoms with Gasteiger partial charge < -0.3 is 15.5 Å². The number of nitrogens with zero attached hydrogens (tertiary/aromatic N) is 1. The summed E-state index contributed by atoms with van der Waals surface area (Å²) in [6.07, 6.45) is 16.1. The lowest BCUT2D eigenvalue weighted by atomic mass is 9.78. The minimum atomic E-state index is 0.365. The Morgan fingerprint density at radius 2 is 1.65 bits per heavy atom. The summed E-state index contributed by atoms with van der Waals surface area (Å²) in [5.41, 5.74) is 0. The normalized spacial score (nSPS) is 26.8. The van der Waals surface area contributed by atoms with Gasteiger partial charge in [-0.25, -0.2) is 0 Å². The summed E-state index contributed by atoms with van der Waals surface area (Å²) in [4.78, 5) is 14.9. The van der Waals surface area contributed by atoms with Crippen LogP contribution >= 0.6 is 12.2 Å². The molecule has 0 radical (unpaired) electrons. The number of carbonyl (C=O) groups is 1. The van der Waals surface area contributed by atoms with Gasteiger partial charge in [0.25, 0.3) is 0 Å². The molecule has 148 valence electrons. The molecule has 3 fully saturated rings. The van der Waals surface area contributed by atoms with Crippen molar-refractivity contribution in [2.24, 2.45) is 11.8 Å². The van der Waals surface area contributed by atoms with E-state index in [9.17, 15) is 4.79 Å². The zero-order valence-corrected chi connectivity index (χ0v) is 17.1. The summed E-state index contributed by atoms with van der Waals surface area (Å²) in [7, 11) is 0. The first-order valence-corrected chi connectivity index (χ1v) is 11.5. The molecule has 3 aliphatic rings. The van der Waals surface area contributed by atoms with Crippen LogP contribution in [0, 0.1) is 11.8 Å². The van der Waals surface area contributed by atoms with Crippen molar-refractivity contribution >= 4 is 23.2 Å². The number of rotatable bonds is 6. The fourth-order valence-corrected chi connectivity index (χ4v) is 5.40. The fraction of sp³-hybridized carbons (Fsp3) is 0.905. The highest BCUT2D eigenvalue weighted by atomic mass is 32.1. The Morgan fingerprint density at radius 1 is 0.923 bits per heavy atom. The van der Waals surface area contributed by atoms with Crippen molar-refractivity contribution in [1.29, 1.82) is 0 Å². The molecular formula is C21H37N3OS. The molecule has 0 spiro atoms. The second-order valence-corrected chi connectivity index (χ2v) is 8.99. The molecule has 2 aliphatic carbocycles. The van der Waals surface area contributed by atoms with Crippen LogP contribution in [0.25, 0.3) is 0 Å². The Labute approximate surface area is 164 Å². The largest absolute Gasteiger partial charge is 0.363 e. The number of hydrogen-bond acceptors (Lipinski definition) is 2. The van der Waals surface area contributed by atoms with Gasteiger partial charge in [-0.3, -0.25) is 4.79 Å². The number of carbonyl (C=O) groups excluding carboxylic acids is 1. The van der Waals surface area contributed by atoms with Crippen molar-refractivity contribution < 1.29 is 4.79 Å². The highest BCUT2D eigenvalue weighted by Gasteiger charge is 2.35. The minimum Gasteiger partial charge on any atom is -0.363 e. The highest BCUT2D eigenvalue weighted by Crippen LogP contribution is 2.35. The maximum Gasteiger partial charge on any atom is 0.222 e. The molecule has 26 heavy (non-hydrogen) atoms.